The van der Waals surface area contributed by atoms with Crippen LogP contribution < -0.4 is 19.5 Å². The Morgan fingerprint density at radius 3 is 2.50 bits per heavy atom. The summed E-state index contributed by atoms with van der Waals surface area (Å²) in [6.07, 6.45) is 0. The number of fused-ring (bicyclic) bond motifs is 1. The van der Waals surface area contributed by atoms with E-state index in [2.05, 4.69) is 10.0 Å². The molecule has 7 nitrogen and oxygen atoms in total. The lowest BCUT2D eigenvalue weighted by Gasteiger charge is -2.13. The number of sulfonamides is 1. The molecular formula is C21H17FN2O5S. The molecule has 1 aliphatic rings. The molecule has 1 heterocycles. The summed E-state index contributed by atoms with van der Waals surface area (Å²) in [5.74, 6) is 0.252. The molecule has 9 heteroatoms. The van der Waals surface area contributed by atoms with Gasteiger partial charge in [0.2, 0.25) is 6.79 Å². The Labute approximate surface area is 172 Å². The monoisotopic (exact) mass is 428 g/mol. The van der Waals surface area contributed by atoms with Crippen molar-refractivity contribution >= 4 is 21.6 Å². The van der Waals surface area contributed by atoms with Crippen molar-refractivity contribution < 1.29 is 27.1 Å². The standard InChI is InChI=1S/C21H17FN2O5S/c22-15-6-8-16(9-7-15)30(26,27)24-18-4-2-1-3-17(18)21(25)23-12-14-5-10-19-20(11-14)29-13-28-19/h1-11,24H,12-13H2,(H,23,25). The smallest absolute Gasteiger partial charge is 0.261 e. The number of hydrogen-bond donors (Lipinski definition) is 2. The lowest BCUT2D eigenvalue weighted by molar-refractivity contribution is 0.0951. The normalized spacial score (nSPS) is 12.4. The fourth-order valence-electron chi connectivity index (χ4n) is 2.92. The first-order chi connectivity index (χ1) is 14.4. The van der Waals surface area contributed by atoms with Gasteiger partial charge in [0, 0.05) is 6.54 Å². The lowest BCUT2D eigenvalue weighted by atomic mass is 10.1. The van der Waals surface area contributed by atoms with Crippen molar-refractivity contribution in [3.63, 3.8) is 0 Å². The van der Waals surface area contributed by atoms with Gasteiger partial charge in [-0.1, -0.05) is 18.2 Å². The van der Waals surface area contributed by atoms with Crippen molar-refractivity contribution in [2.45, 2.75) is 11.4 Å². The van der Waals surface area contributed by atoms with Gasteiger partial charge < -0.3 is 14.8 Å². The second-order valence-electron chi connectivity index (χ2n) is 6.48. The molecule has 0 saturated carbocycles. The topological polar surface area (TPSA) is 93.7 Å². The van der Waals surface area contributed by atoms with Gasteiger partial charge in [0.15, 0.2) is 11.5 Å². The molecule has 30 heavy (non-hydrogen) atoms. The van der Waals surface area contributed by atoms with E-state index in [4.69, 9.17) is 9.47 Å². The minimum Gasteiger partial charge on any atom is -0.454 e. The maximum Gasteiger partial charge on any atom is 0.261 e. The Morgan fingerprint density at radius 2 is 1.70 bits per heavy atom. The molecule has 0 bridgehead atoms. The van der Waals surface area contributed by atoms with Gasteiger partial charge in [-0.15, -0.1) is 0 Å². The van der Waals surface area contributed by atoms with E-state index in [-0.39, 0.29) is 29.5 Å². The summed E-state index contributed by atoms with van der Waals surface area (Å²) in [4.78, 5) is 12.6. The van der Waals surface area contributed by atoms with Gasteiger partial charge in [0.05, 0.1) is 16.1 Å². The van der Waals surface area contributed by atoms with Crippen molar-refractivity contribution in [1.29, 1.82) is 0 Å². The van der Waals surface area contributed by atoms with Gasteiger partial charge in [0.25, 0.3) is 15.9 Å². The summed E-state index contributed by atoms with van der Waals surface area (Å²) in [5, 5.41) is 2.76. The second kappa shape index (κ2) is 8.03. The Kier molecular flexibility index (Phi) is 5.28. The van der Waals surface area contributed by atoms with Crippen LogP contribution in [0.4, 0.5) is 10.1 Å². The van der Waals surface area contributed by atoms with Gasteiger partial charge in [-0.25, -0.2) is 12.8 Å². The predicted molar refractivity (Wildman–Crippen MR) is 107 cm³/mol. The van der Waals surface area contributed by atoms with Gasteiger partial charge in [0.1, 0.15) is 5.82 Å². The highest BCUT2D eigenvalue weighted by atomic mass is 32.2. The summed E-state index contributed by atoms with van der Waals surface area (Å²) in [6, 6.07) is 16.0. The number of carbonyl (C=O) groups excluding carboxylic acids is 1. The number of anilines is 1. The quantitative estimate of drug-likeness (QED) is 0.629. The van der Waals surface area contributed by atoms with Crippen LogP contribution in [0.5, 0.6) is 11.5 Å². The molecule has 3 aromatic rings. The fourth-order valence-corrected chi connectivity index (χ4v) is 4.00. The molecule has 0 radical (unpaired) electrons. The zero-order valence-corrected chi connectivity index (χ0v) is 16.4. The predicted octanol–water partition coefficient (Wildman–Crippen LogP) is 3.29. The first-order valence-corrected chi connectivity index (χ1v) is 10.4. The van der Waals surface area contributed by atoms with Gasteiger partial charge >= 0.3 is 0 Å². The number of benzene rings is 3. The molecular weight excluding hydrogens is 411 g/mol. The SMILES string of the molecule is O=C(NCc1ccc2c(c1)OCO2)c1ccccc1NS(=O)(=O)c1ccc(F)cc1. The van der Waals surface area contributed by atoms with Crippen LogP contribution in [0.2, 0.25) is 0 Å². The molecule has 0 saturated heterocycles. The molecule has 154 valence electrons. The molecule has 0 aliphatic carbocycles. The number of carbonyl (C=O) groups is 1. The summed E-state index contributed by atoms with van der Waals surface area (Å²) in [7, 11) is -3.99. The van der Waals surface area contributed by atoms with Crippen molar-refractivity contribution in [3.8, 4) is 11.5 Å². The number of hydrogen-bond acceptors (Lipinski definition) is 5. The van der Waals surface area contributed by atoms with Gasteiger partial charge in [-0.3, -0.25) is 9.52 Å². The van der Waals surface area contributed by atoms with E-state index in [1.165, 1.54) is 12.1 Å². The molecule has 2 N–H and O–H groups in total. The average Bonchev–Trinajstić information content (AvgIpc) is 3.20. The van der Waals surface area contributed by atoms with Crippen LogP contribution in [-0.2, 0) is 16.6 Å². The molecule has 0 aromatic heterocycles. The van der Waals surface area contributed by atoms with Gasteiger partial charge in [-0.05, 0) is 54.1 Å². The van der Waals surface area contributed by atoms with Crippen LogP contribution >= 0.6 is 0 Å². The van der Waals surface area contributed by atoms with Crippen molar-refractivity contribution in [2.24, 2.45) is 0 Å². The Bertz CT molecular complexity index is 1200. The van der Waals surface area contributed by atoms with Crippen molar-refractivity contribution in [1.82, 2.24) is 5.32 Å². The number of para-hydroxylation sites is 1. The van der Waals surface area contributed by atoms with E-state index in [0.29, 0.717) is 11.5 Å². The number of ether oxygens (including phenoxy) is 2. The molecule has 0 fully saturated rings. The third-order valence-corrected chi connectivity index (χ3v) is 5.81. The third kappa shape index (κ3) is 4.20. The number of nitrogens with one attached hydrogen (secondary N) is 2. The molecule has 1 aliphatic heterocycles. The van der Waals surface area contributed by atoms with Crippen LogP contribution in [0, 0.1) is 5.82 Å². The highest BCUT2D eigenvalue weighted by molar-refractivity contribution is 7.92. The molecule has 0 spiro atoms. The molecule has 0 unspecified atom stereocenters. The number of amides is 1. The molecule has 0 atom stereocenters. The second-order valence-corrected chi connectivity index (χ2v) is 8.16. The maximum absolute atomic E-state index is 13.1. The van der Waals surface area contributed by atoms with E-state index in [1.54, 1.807) is 30.3 Å². The van der Waals surface area contributed by atoms with Crippen LogP contribution in [0.3, 0.4) is 0 Å². The first kappa shape index (κ1) is 19.7. The number of rotatable bonds is 6. The van der Waals surface area contributed by atoms with Crippen LogP contribution in [0.25, 0.3) is 0 Å². The zero-order valence-electron chi connectivity index (χ0n) is 15.6. The number of halogens is 1. The maximum atomic E-state index is 13.1. The van der Waals surface area contributed by atoms with E-state index < -0.39 is 21.7 Å². The van der Waals surface area contributed by atoms with Crippen LogP contribution in [-0.4, -0.2) is 21.1 Å². The molecule has 1 amide bonds. The minimum atomic E-state index is -3.99. The average molecular weight is 428 g/mol. The highest BCUT2D eigenvalue weighted by Crippen LogP contribution is 2.32. The summed E-state index contributed by atoms with van der Waals surface area (Å²) < 4.78 is 51.2. The van der Waals surface area contributed by atoms with E-state index >= 15 is 0 Å². The van der Waals surface area contributed by atoms with E-state index in [1.807, 2.05) is 0 Å². The molecule has 4 rings (SSSR count). The van der Waals surface area contributed by atoms with Crippen LogP contribution in [0.15, 0.2) is 71.6 Å². The fraction of sp³-hybridized carbons (Fsp3) is 0.0952. The summed E-state index contributed by atoms with van der Waals surface area (Å²) in [5.41, 5.74) is 1.07. The minimum absolute atomic E-state index is 0.112. The zero-order chi connectivity index (χ0) is 21.1. The largest absolute Gasteiger partial charge is 0.454 e. The van der Waals surface area contributed by atoms with Crippen LogP contribution in [0.1, 0.15) is 15.9 Å². The summed E-state index contributed by atoms with van der Waals surface area (Å²) in [6.45, 7) is 0.376. The Balaban J connectivity index is 1.49. The van der Waals surface area contributed by atoms with E-state index in [0.717, 1.165) is 29.8 Å². The molecule has 3 aromatic carbocycles. The van der Waals surface area contributed by atoms with Crippen molar-refractivity contribution in [3.05, 3.63) is 83.7 Å². The summed E-state index contributed by atoms with van der Waals surface area (Å²) >= 11 is 0. The Morgan fingerprint density at radius 1 is 0.967 bits per heavy atom. The first-order valence-electron chi connectivity index (χ1n) is 8.96. The highest BCUT2D eigenvalue weighted by Gasteiger charge is 2.19. The third-order valence-electron chi connectivity index (χ3n) is 4.43. The Hall–Kier alpha value is -3.59. The van der Waals surface area contributed by atoms with Crippen molar-refractivity contribution in [2.75, 3.05) is 11.5 Å². The van der Waals surface area contributed by atoms with Gasteiger partial charge in [-0.2, -0.15) is 0 Å². The lowest BCUT2D eigenvalue weighted by Crippen LogP contribution is -2.25. The van der Waals surface area contributed by atoms with E-state index in [9.17, 15) is 17.6 Å².